The molecular formula is C25H26FN3O4. The second-order valence-corrected chi connectivity index (χ2v) is 8.05. The largest absolute Gasteiger partial charge is 0.491 e. The van der Waals surface area contributed by atoms with Crippen molar-refractivity contribution in [3.63, 3.8) is 0 Å². The van der Waals surface area contributed by atoms with Crippen LogP contribution in [0, 0.1) is 12.7 Å². The van der Waals surface area contributed by atoms with Gasteiger partial charge in [-0.3, -0.25) is 14.3 Å². The van der Waals surface area contributed by atoms with Crippen LogP contribution < -0.4 is 4.74 Å². The summed E-state index contributed by atoms with van der Waals surface area (Å²) in [6.07, 6.45) is 1.41. The molecule has 3 aromatic rings. The van der Waals surface area contributed by atoms with Gasteiger partial charge in [-0.25, -0.2) is 4.39 Å². The summed E-state index contributed by atoms with van der Waals surface area (Å²) in [4.78, 5) is 26.1. The molecule has 7 nitrogen and oxygen atoms in total. The minimum Gasteiger partial charge on any atom is -0.491 e. The predicted molar refractivity (Wildman–Crippen MR) is 121 cm³/mol. The molecule has 1 saturated heterocycles. The summed E-state index contributed by atoms with van der Waals surface area (Å²) >= 11 is 0. The first-order valence-corrected chi connectivity index (χ1v) is 10.8. The van der Waals surface area contributed by atoms with Crippen molar-refractivity contribution in [2.24, 2.45) is 0 Å². The zero-order valence-electron chi connectivity index (χ0n) is 18.7. The molecule has 8 heteroatoms. The fourth-order valence-electron chi connectivity index (χ4n) is 3.86. The predicted octanol–water partition coefficient (Wildman–Crippen LogP) is 3.51. The molecule has 1 fully saturated rings. The average Bonchev–Trinajstić information content (AvgIpc) is 3.26. The molecule has 4 rings (SSSR count). The first-order chi connectivity index (χ1) is 15.9. The molecule has 1 aliphatic heterocycles. The Hall–Kier alpha value is -3.52. The average molecular weight is 451 g/mol. The van der Waals surface area contributed by atoms with Crippen LogP contribution in [0.5, 0.6) is 5.75 Å². The minimum absolute atomic E-state index is 0.0158. The van der Waals surface area contributed by atoms with E-state index in [1.165, 1.54) is 17.7 Å². The molecule has 2 heterocycles. The third-order valence-electron chi connectivity index (χ3n) is 5.59. The number of carbonyl (C=O) groups is 2. The lowest BCUT2D eigenvalue weighted by Gasteiger charge is -2.32. The van der Waals surface area contributed by atoms with Gasteiger partial charge in [0, 0.05) is 23.9 Å². The number of morpholine rings is 1. The Morgan fingerprint density at radius 1 is 1.21 bits per heavy atom. The van der Waals surface area contributed by atoms with Crippen LogP contribution in [0.1, 0.15) is 22.8 Å². The molecule has 1 aliphatic rings. The number of carbonyl (C=O) groups excluding carboxylic acids is 2. The van der Waals surface area contributed by atoms with Crippen LogP contribution in [-0.2, 0) is 16.1 Å². The number of aromatic nitrogens is 2. The number of rotatable bonds is 7. The molecule has 0 aliphatic carbocycles. The van der Waals surface area contributed by atoms with Gasteiger partial charge in [0.2, 0.25) is 5.91 Å². The van der Waals surface area contributed by atoms with E-state index in [1.54, 1.807) is 47.5 Å². The number of ketones is 1. The van der Waals surface area contributed by atoms with E-state index >= 15 is 0 Å². The van der Waals surface area contributed by atoms with Gasteiger partial charge in [-0.15, -0.1) is 0 Å². The van der Waals surface area contributed by atoms with Crippen molar-refractivity contribution in [3.8, 4) is 17.0 Å². The summed E-state index contributed by atoms with van der Waals surface area (Å²) in [6, 6.07) is 13.5. The van der Waals surface area contributed by atoms with Crippen molar-refractivity contribution in [3.05, 3.63) is 71.7 Å². The normalized spacial score (nSPS) is 16.0. The number of benzene rings is 2. The summed E-state index contributed by atoms with van der Waals surface area (Å²) in [7, 11) is 0. The number of hydrogen-bond donors (Lipinski definition) is 0. The Balaban J connectivity index is 1.32. The van der Waals surface area contributed by atoms with Crippen molar-refractivity contribution in [1.82, 2.24) is 14.7 Å². The van der Waals surface area contributed by atoms with Crippen LogP contribution in [0.4, 0.5) is 4.39 Å². The van der Waals surface area contributed by atoms with Gasteiger partial charge >= 0.3 is 0 Å². The highest BCUT2D eigenvalue weighted by Crippen LogP contribution is 2.21. The maximum absolute atomic E-state index is 14.0. The van der Waals surface area contributed by atoms with E-state index in [-0.39, 0.29) is 30.2 Å². The van der Waals surface area contributed by atoms with Gasteiger partial charge in [-0.05, 0) is 55.8 Å². The number of ether oxygens (including phenoxy) is 2. The lowest BCUT2D eigenvalue weighted by Crippen LogP contribution is -2.48. The molecule has 0 bridgehead atoms. The highest BCUT2D eigenvalue weighted by atomic mass is 19.1. The van der Waals surface area contributed by atoms with E-state index in [2.05, 4.69) is 5.10 Å². The van der Waals surface area contributed by atoms with Crippen molar-refractivity contribution >= 4 is 11.7 Å². The van der Waals surface area contributed by atoms with E-state index in [0.29, 0.717) is 48.9 Å². The standard InChI is InChI=1S/C25H26FN3O4/c1-17-13-19(7-8-21(17)18(2)30)33-16-20-14-28(11-12-32-20)25(31)15-29-10-9-24(27-29)22-5-3-4-6-23(22)26/h3-10,13,20H,11-12,14-16H2,1-2H3. The van der Waals surface area contributed by atoms with Gasteiger partial charge in [-0.1, -0.05) is 12.1 Å². The number of hydrogen-bond acceptors (Lipinski definition) is 5. The second-order valence-electron chi connectivity index (χ2n) is 8.05. The Morgan fingerprint density at radius 3 is 2.79 bits per heavy atom. The molecule has 172 valence electrons. The van der Waals surface area contributed by atoms with Crippen LogP contribution in [0.2, 0.25) is 0 Å². The van der Waals surface area contributed by atoms with Crippen LogP contribution in [0.25, 0.3) is 11.3 Å². The zero-order valence-corrected chi connectivity index (χ0v) is 18.7. The maximum Gasteiger partial charge on any atom is 0.244 e. The minimum atomic E-state index is -0.351. The van der Waals surface area contributed by atoms with Gasteiger partial charge < -0.3 is 14.4 Å². The molecular weight excluding hydrogens is 425 g/mol. The monoisotopic (exact) mass is 451 g/mol. The van der Waals surface area contributed by atoms with Crippen molar-refractivity contribution < 1.29 is 23.5 Å². The molecule has 0 spiro atoms. The van der Waals surface area contributed by atoms with Gasteiger partial charge in [0.25, 0.3) is 0 Å². The van der Waals surface area contributed by atoms with Crippen LogP contribution in [0.15, 0.2) is 54.7 Å². The van der Waals surface area contributed by atoms with E-state index < -0.39 is 0 Å². The number of nitrogens with zero attached hydrogens (tertiary/aromatic N) is 3. The molecule has 1 aromatic heterocycles. The Bertz CT molecular complexity index is 1160. The van der Waals surface area contributed by atoms with E-state index in [0.717, 1.165) is 5.56 Å². The Morgan fingerprint density at radius 2 is 2.03 bits per heavy atom. The fraction of sp³-hybridized carbons (Fsp3) is 0.320. The molecule has 1 unspecified atom stereocenters. The third-order valence-corrected chi connectivity index (χ3v) is 5.59. The number of Topliss-reactive ketones (excluding diaryl/α,β-unsaturated/α-hetero) is 1. The SMILES string of the molecule is CC(=O)c1ccc(OCC2CN(C(=O)Cn3ccc(-c4ccccc4F)n3)CCO2)cc1C. The topological polar surface area (TPSA) is 73.7 Å². The maximum atomic E-state index is 14.0. The van der Waals surface area contributed by atoms with Crippen molar-refractivity contribution in [1.29, 1.82) is 0 Å². The number of halogens is 1. The molecule has 1 amide bonds. The van der Waals surface area contributed by atoms with Gasteiger partial charge in [0.15, 0.2) is 5.78 Å². The quantitative estimate of drug-likeness (QED) is 0.514. The lowest BCUT2D eigenvalue weighted by atomic mass is 10.1. The molecule has 0 saturated carbocycles. The zero-order chi connectivity index (χ0) is 23.4. The summed E-state index contributed by atoms with van der Waals surface area (Å²) in [5, 5.41) is 4.35. The molecule has 0 N–H and O–H groups in total. The molecule has 0 radical (unpaired) electrons. The van der Waals surface area contributed by atoms with Crippen LogP contribution in [-0.4, -0.2) is 58.8 Å². The second kappa shape index (κ2) is 9.95. The van der Waals surface area contributed by atoms with Crippen LogP contribution >= 0.6 is 0 Å². The smallest absolute Gasteiger partial charge is 0.244 e. The summed E-state index contributed by atoms with van der Waals surface area (Å²) < 4.78 is 27.1. The summed E-state index contributed by atoms with van der Waals surface area (Å²) in [5.41, 5.74) is 2.42. The first-order valence-electron chi connectivity index (χ1n) is 10.8. The third kappa shape index (κ3) is 5.46. The van der Waals surface area contributed by atoms with Gasteiger partial charge in [0.05, 0.1) is 18.8 Å². The number of amides is 1. The van der Waals surface area contributed by atoms with E-state index in [1.807, 2.05) is 13.0 Å². The van der Waals surface area contributed by atoms with Crippen molar-refractivity contribution in [2.45, 2.75) is 26.5 Å². The Labute approximate surface area is 191 Å². The van der Waals surface area contributed by atoms with Crippen molar-refractivity contribution in [2.75, 3.05) is 26.3 Å². The molecule has 1 atom stereocenters. The molecule has 33 heavy (non-hydrogen) atoms. The van der Waals surface area contributed by atoms with Gasteiger partial charge in [-0.2, -0.15) is 5.10 Å². The fourth-order valence-corrected chi connectivity index (χ4v) is 3.86. The summed E-state index contributed by atoms with van der Waals surface area (Å²) in [5.74, 6) is 0.230. The lowest BCUT2D eigenvalue weighted by molar-refractivity contribution is -0.140. The van der Waals surface area contributed by atoms with Gasteiger partial charge in [0.1, 0.15) is 30.8 Å². The highest BCUT2D eigenvalue weighted by molar-refractivity contribution is 5.95. The van der Waals surface area contributed by atoms with E-state index in [9.17, 15) is 14.0 Å². The number of aryl methyl sites for hydroxylation is 1. The van der Waals surface area contributed by atoms with Crippen LogP contribution in [0.3, 0.4) is 0 Å². The highest BCUT2D eigenvalue weighted by Gasteiger charge is 2.25. The molecule has 2 aromatic carbocycles. The summed E-state index contributed by atoms with van der Waals surface area (Å²) in [6.45, 7) is 5.08. The Kier molecular flexibility index (Phi) is 6.84. The van der Waals surface area contributed by atoms with E-state index in [4.69, 9.17) is 9.47 Å². The first kappa shape index (κ1) is 22.7.